The summed E-state index contributed by atoms with van der Waals surface area (Å²) >= 11 is 1.55. The third-order valence-corrected chi connectivity index (χ3v) is 4.92. The summed E-state index contributed by atoms with van der Waals surface area (Å²) in [6.45, 7) is 3.41. The van der Waals surface area contributed by atoms with Crippen LogP contribution in [0.15, 0.2) is 29.6 Å². The zero-order chi connectivity index (χ0) is 16.2. The number of ether oxygens (including phenoxy) is 1. The summed E-state index contributed by atoms with van der Waals surface area (Å²) in [6, 6.07) is 7.95. The first-order chi connectivity index (χ1) is 11.2. The van der Waals surface area contributed by atoms with Crippen molar-refractivity contribution in [2.45, 2.75) is 6.42 Å². The van der Waals surface area contributed by atoms with E-state index in [0.717, 1.165) is 43.4 Å². The summed E-state index contributed by atoms with van der Waals surface area (Å²) in [5.41, 5.74) is 1.74. The van der Waals surface area contributed by atoms with Crippen LogP contribution in [0.4, 0.5) is 0 Å². The highest BCUT2D eigenvalue weighted by molar-refractivity contribution is 7.09. The van der Waals surface area contributed by atoms with E-state index >= 15 is 0 Å². The Kier molecular flexibility index (Phi) is 4.93. The lowest BCUT2D eigenvalue weighted by Crippen LogP contribution is -2.47. The zero-order valence-corrected chi connectivity index (χ0v) is 14.3. The van der Waals surface area contributed by atoms with Crippen molar-refractivity contribution in [2.24, 2.45) is 0 Å². The monoisotopic (exact) mass is 331 g/mol. The average molecular weight is 331 g/mol. The lowest BCUT2D eigenvalue weighted by atomic mass is 10.1. The highest BCUT2D eigenvalue weighted by Gasteiger charge is 2.22. The van der Waals surface area contributed by atoms with Gasteiger partial charge in [0.05, 0.1) is 12.1 Å². The van der Waals surface area contributed by atoms with Crippen molar-refractivity contribution in [3.63, 3.8) is 0 Å². The molecule has 1 amide bonds. The number of likely N-dealkylation sites (N-methyl/N-ethyl adjacent to an activating group) is 1. The number of carbonyl (C=O) groups is 1. The van der Waals surface area contributed by atoms with Crippen molar-refractivity contribution in [3.8, 4) is 5.75 Å². The van der Waals surface area contributed by atoms with Gasteiger partial charge in [-0.3, -0.25) is 4.79 Å². The van der Waals surface area contributed by atoms with Crippen LogP contribution in [0.2, 0.25) is 0 Å². The summed E-state index contributed by atoms with van der Waals surface area (Å²) in [7, 11) is 3.74. The van der Waals surface area contributed by atoms with Gasteiger partial charge in [-0.2, -0.15) is 0 Å². The minimum absolute atomic E-state index is 0.0512. The topological polar surface area (TPSA) is 45.7 Å². The first kappa shape index (κ1) is 16.0. The summed E-state index contributed by atoms with van der Waals surface area (Å²) in [4.78, 5) is 21.1. The summed E-state index contributed by atoms with van der Waals surface area (Å²) in [5.74, 6) is 0.897. The van der Waals surface area contributed by atoms with Crippen molar-refractivity contribution < 1.29 is 9.53 Å². The normalized spacial score (nSPS) is 15.7. The van der Waals surface area contributed by atoms with Crippen molar-refractivity contribution in [1.29, 1.82) is 0 Å². The number of benzene rings is 1. The molecule has 23 heavy (non-hydrogen) atoms. The quantitative estimate of drug-likeness (QED) is 0.861. The van der Waals surface area contributed by atoms with E-state index in [1.54, 1.807) is 18.4 Å². The molecule has 0 unspecified atom stereocenters. The number of piperazine rings is 1. The molecule has 0 radical (unpaired) electrons. The molecular weight excluding hydrogens is 310 g/mol. The van der Waals surface area contributed by atoms with Crippen molar-refractivity contribution in [1.82, 2.24) is 14.8 Å². The molecule has 2 heterocycles. The first-order valence-corrected chi connectivity index (χ1v) is 8.59. The number of methoxy groups -OCH3 is 1. The van der Waals surface area contributed by atoms with Crippen LogP contribution in [-0.2, 0) is 6.42 Å². The maximum Gasteiger partial charge on any atom is 0.273 e. The van der Waals surface area contributed by atoms with Crippen LogP contribution in [0.1, 0.15) is 21.1 Å². The fourth-order valence-electron chi connectivity index (χ4n) is 2.58. The Morgan fingerprint density at radius 3 is 2.57 bits per heavy atom. The van der Waals surface area contributed by atoms with Gasteiger partial charge in [0.1, 0.15) is 11.4 Å². The molecule has 1 aromatic carbocycles. The van der Waals surface area contributed by atoms with Gasteiger partial charge in [0.2, 0.25) is 0 Å². The van der Waals surface area contributed by atoms with Crippen molar-refractivity contribution in [2.75, 3.05) is 40.3 Å². The van der Waals surface area contributed by atoms with Gasteiger partial charge >= 0.3 is 0 Å². The van der Waals surface area contributed by atoms with E-state index < -0.39 is 0 Å². The number of aromatic nitrogens is 1. The van der Waals surface area contributed by atoms with Gasteiger partial charge in [-0.1, -0.05) is 12.1 Å². The van der Waals surface area contributed by atoms with E-state index in [2.05, 4.69) is 16.9 Å². The maximum absolute atomic E-state index is 12.5. The summed E-state index contributed by atoms with van der Waals surface area (Å²) < 4.78 is 5.16. The Balaban J connectivity index is 1.64. The predicted octanol–water partition coefficient (Wildman–Crippen LogP) is 2.13. The number of rotatable bonds is 4. The van der Waals surface area contributed by atoms with Crippen LogP contribution < -0.4 is 4.74 Å². The molecule has 0 saturated carbocycles. The summed E-state index contributed by atoms with van der Waals surface area (Å²) in [5, 5.41) is 2.84. The van der Waals surface area contributed by atoms with Crippen LogP contribution in [0.5, 0.6) is 5.75 Å². The molecular formula is C17H21N3O2S. The average Bonchev–Trinajstić information content (AvgIpc) is 3.04. The number of amides is 1. The molecule has 0 atom stereocenters. The fraction of sp³-hybridized carbons (Fsp3) is 0.412. The molecule has 1 aliphatic heterocycles. The molecule has 122 valence electrons. The molecule has 0 bridgehead atoms. The smallest absolute Gasteiger partial charge is 0.273 e. The number of thiazole rings is 1. The maximum atomic E-state index is 12.5. The van der Waals surface area contributed by atoms with Gasteiger partial charge < -0.3 is 14.5 Å². The van der Waals surface area contributed by atoms with Crippen LogP contribution in [0.25, 0.3) is 0 Å². The molecule has 1 saturated heterocycles. The van der Waals surface area contributed by atoms with E-state index in [1.165, 1.54) is 5.56 Å². The molecule has 0 spiro atoms. The van der Waals surface area contributed by atoms with Gasteiger partial charge in [-0.15, -0.1) is 11.3 Å². The van der Waals surface area contributed by atoms with Gasteiger partial charge in [-0.05, 0) is 24.7 Å². The molecule has 0 N–H and O–H groups in total. The molecule has 6 heteroatoms. The second kappa shape index (κ2) is 7.10. The summed E-state index contributed by atoms with van der Waals surface area (Å²) in [6.07, 6.45) is 0.741. The Morgan fingerprint density at radius 1 is 1.22 bits per heavy atom. The van der Waals surface area contributed by atoms with E-state index in [9.17, 15) is 4.79 Å². The zero-order valence-electron chi connectivity index (χ0n) is 13.5. The standard InChI is InChI=1S/C17H21N3O2S/c1-19-7-9-20(10-8-19)17(21)15-12-23-16(18-15)11-13-3-5-14(22-2)6-4-13/h3-6,12H,7-11H2,1-2H3. The SMILES string of the molecule is COc1ccc(Cc2nc(C(=O)N3CCN(C)CC3)cs2)cc1. The van der Waals surface area contributed by atoms with E-state index in [4.69, 9.17) is 4.74 Å². The third-order valence-electron chi connectivity index (χ3n) is 4.08. The highest BCUT2D eigenvalue weighted by atomic mass is 32.1. The van der Waals surface area contributed by atoms with Gasteiger partial charge in [0, 0.05) is 38.0 Å². The lowest BCUT2D eigenvalue weighted by molar-refractivity contribution is 0.0659. The van der Waals surface area contributed by atoms with Crippen LogP contribution in [-0.4, -0.2) is 61.0 Å². The molecule has 1 fully saturated rings. The predicted molar refractivity (Wildman–Crippen MR) is 91.3 cm³/mol. The number of hydrogen-bond acceptors (Lipinski definition) is 5. The van der Waals surface area contributed by atoms with Crippen molar-refractivity contribution in [3.05, 3.63) is 45.9 Å². The van der Waals surface area contributed by atoms with Crippen LogP contribution in [0, 0.1) is 0 Å². The molecule has 5 nitrogen and oxygen atoms in total. The van der Waals surface area contributed by atoms with E-state index in [-0.39, 0.29) is 5.91 Å². The molecule has 1 aromatic heterocycles. The molecule has 2 aromatic rings. The first-order valence-electron chi connectivity index (χ1n) is 7.71. The number of carbonyl (C=O) groups excluding carboxylic acids is 1. The van der Waals surface area contributed by atoms with E-state index in [0.29, 0.717) is 5.69 Å². The van der Waals surface area contributed by atoms with Crippen LogP contribution in [0.3, 0.4) is 0 Å². The van der Waals surface area contributed by atoms with Crippen molar-refractivity contribution >= 4 is 17.2 Å². The van der Waals surface area contributed by atoms with Gasteiger partial charge in [0.25, 0.3) is 5.91 Å². The Labute approximate surface area is 140 Å². The van der Waals surface area contributed by atoms with Crippen LogP contribution >= 0.6 is 11.3 Å². The fourth-order valence-corrected chi connectivity index (χ4v) is 3.38. The largest absolute Gasteiger partial charge is 0.497 e. The number of nitrogens with zero attached hydrogens (tertiary/aromatic N) is 3. The second-order valence-corrected chi connectivity index (χ2v) is 6.69. The molecule has 0 aliphatic carbocycles. The van der Waals surface area contributed by atoms with Gasteiger partial charge in [0.15, 0.2) is 0 Å². The Hall–Kier alpha value is -1.92. The Morgan fingerprint density at radius 2 is 1.91 bits per heavy atom. The lowest BCUT2D eigenvalue weighted by Gasteiger charge is -2.31. The molecule has 3 rings (SSSR count). The second-order valence-electron chi connectivity index (χ2n) is 5.75. The minimum Gasteiger partial charge on any atom is -0.497 e. The molecule has 1 aliphatic rings. The third kappa shape index (κ3) is 3.89. The minimum atomic E-state index is 0.0512. The Bertz CT molecular complexity index is 661. The van der Waals surface area contributed by atoms with E-state index in [1.807, 2.05) is 34.5 Å². The number of hydrogen-bond donors (Lipinski definition) is 0. The van der Waals surface area contributed by atoms with Gasteiger partial charge in [-0.25, -0.2) is 4.98 Å². The highest BCUT2D eigenvalue weighted by Crippen LogP contribution is 2.18.